The van der Waals surface area contributed by atoms with Crippen LogP contribution in [-0.2, 0) is 19.0 Å². The fourth-order valence-corrected chi connectivity index (χ4v) is 10.9. The fraction of sp³-hybridized carbons (Fsp3) is 0.139. The summed E-state index contributed by atoms with van der Waals surface area (Å²) in [6.45, 7) is -0.445. The van der Waals surface area contributed by atoms with E-state index in [4.69, 9.17) is 13.7 Å². The second-order valence-electron chi connectivity index (χ2n) is 10.4. The summed E-state index contributed by atoms with van der Waals surface area (Å²) in [6, 6.07) is 45.0. The summed E-state index contributed by atoms with van der Waals surface area (Å²) in [6.07, 6.45) is -0.595. The Morgan fingerprint density at radius 2 is 1.18 bits per heavy atom. The molecule has 0 radical (unpaired) electrons. The number of esters is 1. The van der Waals surface area contributed by atoms with Gasteiger partial charge in [-0.3, -0.25) is 0 Å². The van der Waals surface area contributed by atoms with Crippen LogP contribution in [0.3, 0.4) is 0 Å². The molecule has 7 nitrogen and oxygen atoms in total. The minimum atomic E-state index is -4.21. The van der Waals surface area contributed by atoms with E-state index in [2.05, 4.69) is 36.4 Å². The van der Waals surface area contributed by atoms with Crippen LogP contribution in [0.4, 0.5) is 0 Å². The van der Waals surface area contributed by atoms with Gasteiger partial charge in [-0.15, -0.1) is 0 Å². The van der Waals surface area contributed by atoms with Gasteiger partial charge in [-0.05, 0) is 12.1 Å². The summed E-state index contributed by atoms with van der Waals surface area (Å²) >= 11 is 0. The van der Waals surface area contributed by atoms with Crippen molar-refractivity contribution in [3.05, 3.63) is 151 Å². The first kappa shape index (κ1) is 32.1. The number of rotatable bonds is 14. The van der Waals surface area contributed by atoms with Gasteiger partial charge >= 0.3 is 224 Å². The molecule has 0 bridgehead atoms. The Labute approximate surface area is 264 Å². The van der Waals surface area contributed by atoms with Crippen LogP contribution in [0.5, 0.6) is 5.75 Å². The van der Waals surface area contributed by atoms with E-state index in [1.807, 2.05) is 60.7 Å². The van der Waals surface area contributed by atoms with E-state index in [1.165, 1.54) is 24.3 Å². The molecule has 0 saturated heterocycles. The molecule has 1 atom stereocenters. The molecule has 5 aromatic carbocycles. The van der Waals surface area contributed by atoms with Crippen LogP contribution in [0.25, 0.3) is 0 Å². The predicted molar refractivity (Wildman–Crippen MR) is 179 cm³/mol. The molecule has 5 aromatic rings. The van der Waals surface area contributed by atoms with Crippen molar-refractivity contribution in [3.63, 3.8) is 0 Å². The first-order chi connectivity index (χ1) is 21.9. The van der Waals surface area contributed by atoms with Gasteiger partial charge < -0.3 is 4.74 Å². The Balaban J connectivity index is 1.29. The number of ether oxygens (including phenoxy) is 2. The maximum atomic E-state index is 13.4. The molecule has 232 valence electrons. The number of aliphatic hydroxyl groups is 1. The normalized spacial score (nSPS) is 12.6. The molecule has 5 rings (SSSR count). The van der Waals surface area contributed by atoms with Gasteiger partial charge in [0.15, 0.2) is 0 Å². The van der Waals surface area contributed by atoms with E-state index in [-0.39, 0.29) is 30.3 Å². The Morgan fingerprint density at radius 3 is 1.71 bits per heavy atom. The molecule has 0 fully saturated rings. The predicted octanol–water partition coefficient (Wildman–Crippen LogP) is 4.72. The number of hydrogen-bond acceptors (Lipinski definition) is 7. The van der Waals surface area contributed by atoms with Crippen molar-refractivity contribution in [2.24, 2.45) is 0 Å². The third-order valence-electron chi connectivity index (χ3n) is 7.47. The minimum absolute atomic E-state index is 0.0254. The van der Waals surface area contributed by atoms with Crippen molar-refractivity contribution in [2.75, 3.05) is 26.0 Å². The van der Waals surface area contributed by atoms with E-state index in [9.17, 15) is 18.3 Å². The summed E-state index contributed by atoms with van der Waals surface area (Å²) < 4.78 is 43.1. The van der Waals surface area contributed by atoms with E-state index in [1.54, 1.807) is 24.3 Å². The van der Waals surface area contributed by atoms with E-state index < -0.39 is 29.5 Å². The Morgan fingerprint density at radius 1 is 0.667 bits per heavy atom. The number of benzene rings is 5. The van der Waals surface area contributed by atoms with E-state index >= 15 is 0 Å². The standard InChI is InChI=1S/C36H35O7PS/c37-30(27-41-31-15-5-1-6-16-31)28-42-36(38)29-14-13-23-35(26-29)45(39,40)43-24-25-44(32-17-7-2-8-18-32,33-19-9-3-10-20-33)34-21-11-4-12-22-34/h1-23,26,30,37,44H,24-25,27-28H2. The van der Waals surface area contributed by atoms with Crippen molar-refractivity contribution in [1.29, 1.82) is 0 Å². The average Bonchev–Trinajstić information content (AvgIpc) is 3.10. The van der Waals surface area contributed by atoms with Crippen LogP contribution in [0.15, 0.2) is 150 Å². The number of hydrogen-bond donors (Lipinski definition) is 1. The second kappa shape index (κ2) is 15.1. The molecule has 0 aromatic heterocycles. The van der Waals surface area contributed by atoms with Gasteiger partial charge in [0, 0.05) is 0 Å². The Hall–Kier alpha value is -4.33. The van der Waals surface area contributed by atoms with Gasteiger partial charge in [-0.1, -0.05) is 18.2 Å². The number of carbonyl (C=O) groups excluding carboxylic acids is 1. The molecule has 9 heteroatoms. The molecule has 1 unspecified atom stereocenters. The monoisotopic (exact) mass is 642 g/mol. The zero-order valence-corrected chi connectivity index (χ0v) is 26.4. The molecular formula is C36H35O7PS. The van der Waals surface area contributed by atoms with Crippen LogP contribution in [0.2, 0.25) is 0 Å². The number of carbonyl (C=O) groups is 1. The topological polar surface area (TPSA) is 99.1 Å². The van der Waals surface area contributed by atoms with Crippen LogP contribution in [0.1, 0.15) is 10.4 Å². The second-order valence-corrected chi connectivity index (χ2v) is 16.1. The Kier molecular flexibility index (Phi) is 10.8. The van der Waals surface area contributed by atoms with Crippen molar-refractivity contribution in [1.82, 2.24) is 0 Å². The molecule has 0 aliphatic rings. The van der Waals surface area contributed by atoms with Crippen molar-refractivity contribution < 1.29 is 32.0 Å². The van der Waals surface area contributed by atoms with Crippen molar-refractivity contribution >= 4 is 39.3 Å². The van der Waals surface area contributed by atoms with Crippen molar-refractivity contribution in [2.45, 2.75) is 11.0 Å². The molecule has 0 saturated carbocycles. The van der Waals surface area contributed by atoms with E-state index in [0.717, 1.165) is 15.9 Å². The Bertz CT molecular complexity index is 1670. The SMILES string of the molecule is O=C(OCC(O)COc1ccccc1)c1cccc(S(=O)(=O)OCC[PH](c2ccccc2)(c2ccccc2)c2ccccc2)c1. The fourth-order valence-electron chi connectivity index (χ4n) is 5.26. The molecule has 45 heavy (non-hydrogen) atoms. The van der Waals surface area contributed by atoms with Crippen LogP contribution >= 0.6 is 7.26 Å². The van der Waals surface area contributed by atoms with Crippen LogP contribution < -0.4 is 20.7 Å². The van der Waals surface area contributed by atoms with Crippen LogP contribution in [0, 0.1) is 0 Å². The first-order valence-electron chi connectivity index (χ1n) is 14.6. The maximum absolute atomic E-state index is 13.4. The third-order valence-corrected chi connectivity index (χ3v) is 13.7. The van der Waals surface area contributed by atoms with Crippen molar-refractivity contribution in [3.8, 4) is 5.75 Å². The van der Waals surface area contributed by atoms with Gasteiger partial charge in [0.2, 0.25) is 0 Å². The quantitative estimate of drug-likeness (QED) is 0.106. The van der Waals surface area contributed by atoms with Gasteiger partial charge in [0.25, 0.3) is 0 Å². The zero-order chi connectivity index (χ0) is 31.5. The summed E-state index contributed by atoms with van der Waals surface area (Å²) in [4.78, 5) is 12.6. The molecule has 0 aliphatic heterocycles. The molecular weight excluding hydrogens is 607 g/mol. The van der Waals surface area contributed by atoms with E-state index in [0.29, 0.717) is 11.9 Å². The van der Waals surface area contributed by atoms with Gasteiger partial charge in [0.05, 0.1) is 0 Å². The van der Waals surface area contributed by atoms with Gasteiger partial charge in [-0.2, -0.15) is 0 Å². The zero-order valence-electron chi connectivity index (χ0n) is 24.6. The molecule has 1 N–H and O–H groups in total. The summed E-state index contributed by atoms with van der Waals surface area (Å²) in [7, 11) is -6.91. The summed E-state index contributed by atoms with van der Waals surface area (Å²) in [5, 5.41) is 13.6. The molecule has 0 spiro atoms. The average molecular weight is 643 g/mol. The summed E-state index contributed by atoms with van der Waals surface area (Å²) in [5.74, 6) is -0.188. The van der Waals surface area contributed by atoms with Gasteiger partial charge in [-0.25, -0.2) is 0 Å². The van der Waals surface area contributed by atoms with Gasteiger partial charge in [0.1, 0.15) is 5.75 Å². The molecule has 0 aliphatic carbocycles. The van der Waals surface area contributed by atoms with Crippen LogP contribution in [-0.4, -0.2) is 51.6 Å². The number of para-hydroxylation sites is 1. The molecule has 0 heterocycles. The first-order valence-corrected chi connectivity index (χ1v) is 18.2. The summed E-state index contributed by atoms with van der Waals surface area (Å²) in [5.41, 5.74) is 0.0254. The number of aliphatic hydroxyl groups excluding tert-OH is 1. The third kappa shape index (κ3) is 8.04. The molecule has 0 amide bonds.